The molecule has 0 aliphatic heterocycles. The maximum absolute atomic E-state index is 12.1. The molecule has 5 nitrogen and oxygen atoms in total. The normalized spacial score (nSPS) is 10.9. The molecule has 0 bridgehead atoms. The van der Waals surface area contributed by atoms with Crippen LogP contribution >= 0.6 is 11.6 Å². The van der Waals surface area contributed by atoms with Gasteiger partial charge in [0.15, 0.2) is 5.60 Å². The number of rotatable bonds is 7. The third-order valence-electron chi connectivity index (χ3n) is 2.72. The van der Waals surface area contributed by atoms with Gasteiger partial charge in [0.05, 0.1) is 6.54 Å². The molecule has 21 heavy (non-hydrogen) atoms. The number of carbonyl (C=O) groups excluding carboxylic acids is 2. The summed E-state index contributed by atoms with van der Waals surface area (Å²) in [4.78, 5) is 23.5. The van der Waals surface area contributed by atoms with Crippen LogP contribution in [0.4, 0.5) is 0 Å². The average Bonchev–Trinajstić information content (AvgIpc) is 2.44. The molecule has 0 radical (unpaired) electrons. The molecule has 1 aromatic carbocycles. The minimum Gasteiger partial charge on any atom is -0.478 e. The van der Waals surface area contributed by atoms with Crippen molar-refractivity contribution in [2.75, 3.05) is 13.1 Å². The molecule has 0 spiro atoms. The highest BCUT2D eigenvalue weighted by atomic mass is 35.5. The first-order valence-corrected chi connectivity index (χ1v) is 7.22. The van der Waals surface area contributed by atoms with Gasteiger partial charge in [0.25, 0.3) is 5.91 Å². The molecular weight excluding hydrogens is 292 g/mol. The van der Waals surface area contributed by atoms with E-state index in [2.05, 4.69) is 10.6 Å². The van der Waals surface area contributed by atoms with E-state index in [-0.39, 0.29) is 18.4 Å². The van der Waals surface area contributed by atoms with E-state index in [1.165, 1.54) is 0 Å². The summed E-state index contributed by atoms with van der Waals surface area (Å²) in [5.41, 5.74) is -1.08. The molecule has 0 aliphatic rings. The molecule has 0 heterocycles. The number of amides is 2. The van der Waals surface area contributed by atoms with Gasteiger partial charge in [0.1, 0.15) is 5.75 Å². The maximum Gasteiger partial charge on any atom is 0.264 e. The largest absolute Gasteiger partial charge is 0.478 e. The lowest BCUT2D eigenvalue weighted by molar-refractivity contribution is -0.136. The fourth-order valence-corrected chi connectivity index (χ4v) is 1.67. The van der Waals surface area contributed by atoms with Crippen molar-refractivity contribution in [3.8, 4) is 5.75 Å². The summed E-state index contributed by atoms with van der Waals surface area (Å²) in [7, 11) is 0. The summed E-state index contributed by atoms with van der Waals surface area (Å²) in [6.07, 6.45) is 0.852. The smallest absolute Gasteiger partial charge is 0.264 e. The number of carbonyl (C=O) groups is 2. The predicted octanol–water partition coefficient (Wildman–Crippen LogP) is 2.14. The molecule has 1 rings (SSSR count). The molecule has 1 aromatic rings. The van der Waals surface area contributed by atoms with Crippen molar-refractivity contribution in [3.63, 3.8) is 0 Å². The first kappa shape index (κ1) is 17.3. The minimum absolute atomic E-state index is 0.0633. The van der Waals surface area contributed by atoms with Gasteiger partial charge in [0, 0.05) is 11.6 Å². The Balaban J connectivity index is 2.51. The van der Waals surface area contributed by atoms with Crippen LogP contribution in [0, 0.1) is 0 Å². The van der Waals surface area contributed by atoms with E-state index in [0.29, 0.717) is 17.3 Å². The molecule has 0 atom stereocenters. The maximum atomic E-state index is 12.1. The molecule has 116 valence electrons. The van der Waals surface area contributed by atoms with Gasteiger partial charge >= 0.3 is 0 Å². The van der Waals surface area contributed by atoms with Crippen molar-refractivity contribution in [2.24, 2.45) is 0 Å². The van der Waals surface area contributed by atoms with Crippen molar-refractivity contribution in [1.29, 1.82) is 0 Å². The molecule has 2 N–H and O–H groups in total. The second kappa shape index (κ2) is 7.88. The van der Waals surface area contributed by atoms with Crippen LogP contribution in [0.15, 0.2) is 24.3 Å². The van der Waals surface area contributed by atoms with Gasteiger partial charge < -0.3 is 15.4 Å². The summed E-state index contributed by atoms with van der Waals surface area (Å²) in [5, 5.41) is 5.84. The molecule has 6 heteroatoms. The topological polar surface area (TPSA) is 67.4 Å². The molecule has 0 saturated heterocycles. The van der Waals surface area contributed by atoms with Crippen LogP contribution in [-0.4, -0.2) is 30.5 Å². The van der Waals surface area contributed by atoms with E-state index in [0.717, 1.165) is 6.42 Å². The molecular formula is C15H21ClN2O3. The first-order chi connectivity index (χ1) is 9.85. The van der Waals surface area contributed by atoms with Crippen LogP contribution in [0.5, 0.6) is 5.75 Å². The van der Waals surface area contributed by atoms with Crippen molar-refractivity contribution in [1.82, 2.24) is 10.6 Å². The van der Waals surface area contributed by atoms with Gasteiger partial charge in [-0.2, -0.15) is 0 Å². The lowest BCUT2D eigenvalue weighted by Crippen LogP contribution is -2.49. The number of halogens is 1. The molecule has 0 unspecified atom stereocenters. The Morgan fingerprint density at radius 2 is 1.81 bits per heavy atom. The zero-order valence-corrected chi connectivity index (χ0v) is 13.3. The zero-order chi connectivity index (χ0) is 15.9. The average molecular weight is 313 g/mol. The Hall–Kier alpha value is -1.75. The third-order valence-corrected chi connectivity index (χ3v) is 2.97. The van der Waals surface area contributed by atoms with Crippen molar-refractivity contribution in [3.05, 3.63) is 29.3 Å². The van der Waals surface area contributed by atoms with Gasteiger partial charge in [0.2, 0.25) is 5.91 Å². The van der Waals surface area contributed by atoms with E-state index < -0.39 is 5.60 Å². The van der Waals surface area contributed by atoms with E-state index >= 15 is 0 Å². The summed E-state index contributed by atoms with van der Waals surface area (Å²) in [6.45, 7) is 5.77. The highest BCUT2D eigenvalue weighted by molar-refractivity contribution is 6.30. The Morgan fingerprint density at radius 3 is 2.38 bits per heavy atom. The number of benzene rings is 1. The van der Waals surface area contributed by atoms with Crippen LogP contribution in [-0.2, 0) is 9.59 Å². The molecule has 0 saturated carbocycles. The van der Waals surface area contributed by atoms with Gasteiger partial charge in [-0.3, -0.25) is 9.59 Å². The Bertz CT molecular complexity index is 486. The first-order valence-electron chi connectivity index (χ1n) is 6.84. The highest BCUT2D eigenvalue weighted by Crippen LogP contribution is 2.20. The molecule has 0 aliphatic carbocycles. The number of hydrogen-bond acceptors (Lipinski definition) is 3. The van der Waals surface area contributed by atoms with E-state index in [4.69, 9.17) is 16.3 Å². The monoisotopic (exact) mass is 312 g/mol. The van der Waals surface area contributed by atoms with Crippen LogP contribution < -0.4 is 15.4 Å². The summed E-state index contributed by atoms with van der Waals surface area (Å²) < 4.78 is 5.63. The van der Waals surface area contributed by atoms with Crippen molar-refractivity contribution >= 4 is 23.4 Å². The summed E-state index contributed by atoms with van der Waals surface area (Å²) in [6, 6.07) is 6.74. The van der Waals surface area contributed by atoms with Crippen LogP contribution in [0.3, 0.4) is 0 Å². The lowest BCUT2D eigenvalue weighted by atomic mass is 10.1. The van der Waals surface area contributed by atoms with Gasteiger partial charge in [-0.05, 0) is 44.5 Å². The fraction of sp³-hybridized carbons (Fsp3) is 0.467. The van der Waals surface area contributed by atoms with Crippen molar-refractivity contribution < 1.29 is 14.3 Å². The standard InChI is InChI=1S/C15H21ClN2O3/c1-4-9-17-13(19)10-18-14(20)15(2,3)21-12-7-5-11(16)6-8-12/h5-8H,4,9-10H2,1-3H3,(H,17,19)(H,18,20). The number of ether oxygens (including phenoxy) is 1. The quantitative estimate of drug-likeness (QED) is 0.810. The lowest BCUT2D eigenvalue weighted by Gasteiger charge is -2.25. The second-order valence-corrected chi connectivity index (χ2v) is 5.54. The van der Waals surface area contributed by atoms with Crippen LogP contribution in [0.1, 0.15) is 27.2 Å². The number of nitrogens with one attached hydrogen (secondary N) is 2. The van der Waals surface area contributed by atoms with Gasteiger partial charge in [-0.25, -0.2) is 0 Å². The molecule has 0 aromatic heterocycles. The fourth-order valence-electron chi connectivity index (χ4n) is 1.54. The SMILES string of the molecule is CCCNC(=O)CNC(=O)C(C)(C)Oc1ccc(Cl)cc1. The van der Waals surface area contributed by atoms with Crippen molar-refractivity contribution in [2.45, 2.75) is 32.8 Å². The predicted molar refractivity (Wildman–Crippen MR) is 82.5 cm³/mol. The summed E-state index contributed by atoms with van der Waals surface area (Å²) >= 11 is 5.79. The Morgan fingerprint density at radius 1 is 1.19 bits per heavy atom. The van der Waals surface area contributed by atoms with E-state index in [1.807, 2.05) is 6.92 Å². The van der Waals surface area contributed by atoms with E-state index in [9.17, 15) is 9.59 Å². The molecule has 2 amide bonds. The Kier molecular flexibility index (Phi) is 6.49. The summed E-state index contributed by atoms with van der Waals surface area (Å²) in [5.74, 6) is -0.0356. The van der Waals surface area contributed by atoms with Crippen LogP contribution in [0.25, 0.3) is 0 Å². The van der Waals surface area contributed by atoms with E-state index in [1.54, 1.807) is 38.1 Å². The third kappa shape index (κ3) is 6.04. The van der Waals surface area contributed by atoms with Gasteiger partial charge in [-0.15, -0.1) is 0 Å². The molecule has 0 fully saturated rings. The van der Waals surface area contributed by atoms with Crippen LogP contribution in [0.2, 0.25) is 5.02 Å². The zero-order valence-electron chi connectivity index (χ0n) is 12.5. The second-order valence-electron chi connectivity index (χ2n) is 5.10. The minimum atomic E-state index is -1.08. The Labute approximate surface area is 130 Å². The highest BCUT2D eigenvalue weighted by Gasteiger charge is 2.30. The number of hydrogen-bond donors (Lipinski definition) is 2. The van der Waals surface area contributed by atoms with Gasteiger partial charge in [-0.1, -0.05) is 18.5 Å².